The predicted octanol–water partition coefficient (Wildman–Crippen LogP) is 2.63. The van der Waals surface area contributed by atoms with E-state index in [2.05, 4.69) is 11.1 Å². The van der Waals surface area contributed by atoms with E-state index < -0.39 is 6.17 Å². The number of benzodiazepines with no additional fused rings is 1. The molecular weight excluding hydrogens is 262 g/mol. The fourth-order valence-corrected chi connectivity index (χ4v) is 3.60. The highest BCUT2D eigenvalue weighted by Crippen LogP contribution is 2.34. The Labute approximate surface area is 126 Å². The minimum atomic E-state index is -0.779. The van der Waals surface area contributed by atoms with Crippen molar-refractivity contribution in [1.82, 2.24) is 0 Å². The number of nitrogens with two attached hydrogens (primary N) is 1. The maximum Gasteiger partial charge on any atom is 0.266 e. The summed E-state index contributed by atoms with van der Waals surface area (Å²) >= 11 is 0. The maximum absolute atomic E-state index is 12.4. The Morgan fingerprint density at radius 2 is 1.95 bits per heavy atom. The van der Waals surface area contributed by atoms with Crippen LogP contribution in [-0.2, 0) is 4.79 Å². The average molecular weight is 285 g/mol. The van der Waals surface area contributed by atoms with Crippen LogP contribution in [0.15, 0.2) is 23.2 Å². The molecule has 0 saturated heterocycles. The molecule has 1 amide bonds. The molecule has 0 spiro atoms. The number of rotatable bonds is 1. The molecule has 1 unspecified atom stereocenters. The number of para-hydroxylation sites is 1. The SMILES string of the molecule is Cc1cccc2c1N(C)C(=O)C(N)N=C2C1CCCCC1. The van der Waals surface area contributed by atoms with Crippen LogP contribution in [0.25, 0.3) is 0 Å². The molecule has 0 bridgehead atoms. The van der Waals surface area contributed by atoms with Crippen LogP contribution in [0.4, 0.5) is 5.69 Å². The molecule has 1 aliphatic carbocycles. The van der Waals surface area contributed by atoms with Crippen LogP contribution in [0.2, 0.25) is 0 Å². The molecule has 0 aromatic heterocycles. The second-order valence-corrected chi connectivity index (χ2v) is 6.16. The van der Waals surface area contributed by atoms with Crippen LogP contribution >= 0.6 is 0 Å². The zero-order valence-electron chi connectivity index (χ0n) is 12.8. The van der Waals surface area contributed by atoms with Gasteiger partial charge in [0.05, 0.1) is 5.69 Å². The number of fused-ring (bicyclic) bond motifs is 1. The zero-order chi connectivity index (χ0) is 15.0. The van der Waals surface area contributed by atoms with Crippen LogP contribution in [0.1, 0.15) is 43.2 Å². The summed E-state index contributed by atoms with van der Waals surface area (Å²) in [6.07, 6.45) is 5.30. The summed E-state index contributed by atoms with van der Waals surface area (Å²) in [7, 11) is 1.80. The van der Waals surface area contributed by atoms with E-state index in [1.807, 2.05) is 19.1 Å². The number of benzene rings is 1. The van der Waals surface area contributed by atoms with Crippen LogP contribution in [-0.4, -0.2) is 24.8 Å². The average Bonchev–Trinajstić information content (AvgIpc) is 2.60. The van der Waals surface area contributed by atoms with Crippen molar-refractivity contribution in [2.75, 3.05) is 11.9 Å². The lowest BCUT2D eigenvalue weighted by Gasteiger charge is -2.25. The highest BCUT2D eigenvalue weighted by molar-refractivity contribution is 6.13. The third-order valence-electron chi connectivity index (χ3n) is 4.70. The molecule has 4 nitrogen and oxygen atoms in total. The van der Waals surface area contributed by atoms with Gasteiger partial charge in [0.15, 0.2) is 6.17 Å². The van der Waals surface area contributed by atoms with Crippen molar-refractivity contribution in [2.24, 2.45) is 16.6 Å². The van der Waals surface area contributed by atoms with Gasteiger partial charge in [0, 0.05) is 24.2 Å². The Morgan fingerprint density at radius 1 is 1.24 bits per heavy atom. The Kier molecular flexibility index (Phi) is 3.81. The van der Waals surface area contributed by atoms with Crippen molar-refractivity contribution >= 4 is 17.3 Å². The number of anilines is 1. The molecule has 21 heavy (non-hydrogen) atoms. The first-order chi connectivity index (χ1) is 10.1. The number of carbonyl (C=O) groups excluding carboxylic acids is 1. The third-order valence-corrected chi connectivity index (χ3v) is 4.70. The summed E-state index contributed by atoms with van der Waals surface area (Å²) in [4.78, 5) is 18.7. The molecule has 1 atom stereocenters. The molecule has 1 heterocycles. The normalized spacial score (nSPS) is 23.6. The maximum atomic E-state index is 12.4. The monoisotopic (exact) mass is 285 g/mol. The Morgan fingerprint density at radius 3 is 2.67 bits per heavy atom. The summed E-state index contributed by atoms with van der Waals surface area (Å²) in [6.45, 7) is 2.04. The van der Waals surface area contributed by atoms with Crippen molar-refractivity contribution in [1.29, 1.82) is 0 Å². The number of hydrogen-bond donors (Lipinski definition) is 1. The molecule has 4 heteroatoms. The molecule has 2 aliphatic rings. The molecule has 1 saturated carbocycles. The Balaban J connectivity index is 2.13. The predicted molar refractivity (Wildman–Crippen MR) is 85.7 cm³/mol. The quantitative estimate of drug-likeness (QED) is 0.862. The first-order valence-electron chi connectivity index (χ1n) is 7.80. The molecule has 1 aliphatic heterocycles. The van der Waals surface area contributed by atoms with Crippen LogP contribution in [0.5, 0.6) is 0 Å². The number of aryl methyl sites for hydroxylation is 1. The van der Waals surface area contributed by atoms with Gasteiger partial charge in [-0.2, -0.15) is 0 Å². The smallest absolute Gasteiger partial charge is 0.266 e. The standard InChI is InChI=1S/C17H23N3O/c1-11-7-6-10-13-14(12-8-4-3-5-9-12)19-16(18)17(21)20(2)15(11)13/h6-7,10,12,16H,3-5,8-9,18H2,1-2H3. The van der Waals surface area contributed by atoms with Crippen LogP contribution in [0, 0.1) is 12.8 Å². The van der Waals surface area contributed by atoms with E-state index in [0.29, 0.717) is 5.92 Å². The molecule has 0 radical (unpaired) electrons. The number of likely N-dealkylation sites (N-methyl/N-ethyl adjacent to an activating group) is 1. The first-order valence-corrected chi connectivity index (χ1v) is 7.80. The van der Waals surface area contributed by atoms with Crippen LogP contribution in [0.3, 0.4) is 0 Å². The summed E-state index contributed by atoms with van der Waals surface area (Å²) in [5, 5.41) is 0. The number of nitrogens with zero attached hydrogens (tertiary/aromatic N) is 2. The lowest BCUT2D eigenvalue weighted by atomic mass is 9.82. The fourth-order valence-electron chi connectivity index (χ4n) is 3.60. The number of amides is 1. The van der Waals surface area contributed by atoms with Crippen molar-refractivity contribution in [3.8, 4) is 0 Å². The third kappa shape index (κ3) is 2.48. The second kappa shape index (κ2) is 5.60. The van der Waals surface area contributed by atoms with Gasteiger partial charge in [0.1, 0.15) is 0 Å². The van der Waals surface area contributed by atoms with E-state index in [1.54, 1.807) is 11.9 Å². The first kappa shape index (κ1) is 14.3. The van der Waals surface area contributed by atoms with Gasteiger partial charge >= 0.3 is 0 Å². The molecular formula is C17H23N3O. The van der Waals surface area contributed by atoms with Gasteiger partial charge in [-0.3, -0.25) is 9.79 Å². The molecule has 112 valence electrons. The Hall–Kier alpha value is -1.68. The molecule has 1 fully saturated rings. The number of hydrogen-bond acceptors (Lipinski definition) is 3. The van der Waals surface area contributed by atoms with Crippen molar-refractivity contribution in [2.45, 2.75) is 45.2 Å². The summed E-state index contributed by atoms with van der Waals surface area (Å²) in [6, 6.07) is 6.16. The van der Waals surface area contributed by atoms with E-state index in [9.17, 15) is 4.79 Å². The van der Waals surface area contributed by atoms with E-state index >= 15 is 0 Å². The highest BCUT2D eigenvalue weighted by atomic mass is 16.2. The van der Waals surface area contributed by atoms with E-state index in [4.69, 9.17) is 5.73 Å². The van der Waals surface area contributed by atoms with Crippen molar-refractivity contribution in [3.63, 3.8) is 0 Å². The molecule has 3 rings (SSSR count). The molecule has 1 aromatic rings. The van der Waals surface area contributed by atoms with Crippen molar-refractivity contribution < 1.29 is 4.79 Å². The topological polar surface area (TPSA) is 58.7 Å². The van der Waals surface area contributed by atoms with Gasteiger partial charge < -0.3 is 10.6 Å². The highest BCUT2D eigenvalue weighted by Gasteiger charge is 2.31. The fraction of sp³-hybridized carbons (Fsp3) is 0.529. The summed E-state index contributed by atoms with van der Waals surface area (Å²) < 4.78 is 0. The minimum Gasteiger partial charge on any atom is -0.312 e. The van der Waals surface area contributed by atoms with E-state index in [0.717, 1.165) is 35.4 Å². The van der Waals surface area contributed by atoms with Crippen molar-refractivity contribution in [3.05, 3.63) is 29.3 Å². The molecule has 2 N–H and O–H groups in total. The van der Waals surface area contributed by atoms with Gasteiger partial charge in [0.25, 0.3) is 5.91 Å². The molecule has 1 aromatic carbocycles. The van der Waals surface area contributed by atoms with Gasteiger partial charge in [-0.1, -0.05) is 37.5 Å². The lowest BCUT2D eigenvalue weighted by molar-refractivity contribution is -0.119. The van der Waals surface area contributed by atoms with Gasteiger partial charge in [0.2, 0.25) is 0 Å². The number of carbonyl (C=O) groups is 1. The lowest BCUT2D eigenvalue weighted by Crippen LogP contribution is -2.40. The summed E-state index contributed by atoms with van der Waals surface area (Å²) in [5.74, 6) is 0.306. The minimum absolute atomic E-state index is 0.128. The van der Waals surface area contributed by atoms with E-state index in [1.165, 1.54) is 19.3 Å². The summed E-state index contributed by atoms with van der Waals surface area (Å²) in [5.41, 5.74) is 10.2. The zero-order valence-corrected chi connectivity index (χ0v) is 12.8. The second-order valence-electron chi connectivity index (χ2n) is 6.16. The largest absolute Gasteiger partial charge is 0.312 e. The van der Waals surface area contributed by atoms with Crippen LogP contribution < -0.4 is 10.6 Å². The van der Waals surface area contributed by atoms with Gasteiger partial charge in [-0.25, -0.2) is 0 Å². The van der Waals surface area contributed by atoms with Gasteiger partial charge in [-0.15, -0.1) is 0 Å². The number of aliphatic imine (C=N–C) groups is 1. The Bertz CT molecular complexity index is 588. The van der Waals surface area contributed by atoms with Gasteiger partial charge in [-0.05, 0) is 25.3 Å². The van der Waals surface area contributed by atoms with E-state index in [-0.39, 0.29) is 5.91 Å².